The molecular formula is C24H28ClN7O. The van der Waals surface area contributed by atoms with Gasteiger partial charge in [0.2, 0.25) is 0 Å². The maximum atomic E-state index is 6.92. The summed E-state index contributed by atoms with van der Waals surface area (Å²) in [6.07, 6.45) is 5.55. The number of nitrogens with two attached hydrogens (primary N) is 1. The highest BCUT2D eigenvalue weighted by Gasteiger charge is 2.38. The Kier molecular flexibility index (Phi) is 4.87. The molecule has 2 aliphatic rings. The fourth-order valence-electron chi connectivity index (χ4n) is 5.72. The van der Waals surface area contributed by atoms with E-state index in [0.717, 1.165) is 84.7 Å². The number of hydrogen-bond acceptors (Lipinski definition) is 6. The Hall–Kier alpha value is -2.68. The van der Waals surface area contributed by atoms with Gasteiger partial charge in [-0.25, -0.2) is 15.0 Å². The zero-order chi connectivity index (χ0) is 22.7. The molecule has 0 aromatic carbocycles. The molecule has 4 aromatic rings. The summed E-state index contributed by atoms with van der Waals surface area (Å²) in [7, 11) is 0. The van der Waals surface area contributed by atoms with Crippen molar-refractivity contribution in [3.05, 3.63) is 35.4 Å². The van der Waals surface area contributed by atoms with Crippen LogP contribution < -0.4 is 5.73 Å². The summed E-state index contributed by atoms with van der Waals surface area (Å²) in [5.41, 5.74) is 10.9. The molecule has 6 rings (SSSR count). The maximum absolute atomic E-state index is 6.92. The number of anilines is 1. The maximum Gasteiger partial charge on any atom is 0.146 e. The number of fused-ring (bicyclic) bond motifs is 4. The van der Waals surface area contributed by atoms with Gasteiger partial charge in [-0.1, -0.05) is 11.6 Å². The van der Waals surface area contributed by atoms with Crippen molar-refractivity contribution < 1.29 is 4.74 Å². The van der Waals surface area contributed by atoms with E-state index in [-0.39, 0.29) is 5.54 Å². The molecule has 0 amide bonds. The molecule has 0 aliphatic carbocycles. The fourth-order valence-corrected chi connectivity index (χ4v) is 6.02. The lowest BCUT2D eigenvalue weighted by Gasteiger charge is -2.42. The molecule has 1 saturated heterocycles. The number of hydrogen-bond donors (Lipinski definition) is 2. The van der Waals surface area contributed by atoms with Gasteiger partial charge in [0.1, 0.15) is 23.4 Å². The summed E-state index contributed by atoms with van der Waals surface area (Å²) < 4.78 is 7.92. The average molecular weight is 466 g/mol. The number of rotatable bonds is 3. The first-order chi connectivity index (χ1) is 15.9. The predicted molar refractivity (Wildman–Crippen MR) is 130 cm³/mol. The van der Waals surface area contributed by atoms with Crippen LogP contribution in [0.5, 0.6) is 0 Å². The molecule has 9 heteroatoms. The van der Waals surface area contributed by atoms with Crippen molar-refractivity contribution in [2.75, 3.05) is 32.0 Å². The number of nitrogens with zero attached hydrogens (tertiary/aromatic N) is 5. The van der Waals surface area contributed by atoms with E-state index in [2.05, 4.69) is 43.3 Å². The zero-order valence-corrected chi connectivity index (χ0v) is 19.7. The van der Waals surface area contributed by atoms with E-state index >= 15 is 0 Å². The number of pyridine rings is 1. The van der Waals surface area contributed by atoms with Crippen LogP contribution in [0, 0.1) is 5.92 Å². The molecule has 0 spiro atoms. The highest BCUT2D eigenvalue weighted by Crippen LogP contribution is 2.45. The topological polar surface area (TPSA) is 97.9 Å². The van der Waals surface area contributed by atoms with E-state index in [1.807, 2.05) is 12.1 Å². The van der Waals surface area contributed by atoms with Crippen LogP contribution in [0.25, 0.3) is 33.3 Å². The van der Waals surface area contributed by atoms with Gasteiger partial charge in [-0.3, -0.25) is 4.90 Å². The Morgan fingerprint density at radius 1 is 1.24 bits per heavy atom. The van der Waals surface area contributed by atoms with Gasteiger partial charge in [0.25, 0.3) is 0 Å². The third-order valence-electron chi connectivity index (χ3n) is 7.08. The molecule has 0 atom stereocenters. The molecule has 172 valence electrons. The minimum Gasteiger partial charge on any atom is -0.383 e. The summed E-state index contributed by atoms with van der Waals surface area (Å²) in [4.78, 5) is 19.5. The Balaban J connectivity index is 1.56. The van der Waals surface area contributed by atoms with Gasteiger partial charge in [0, 0.05) is 55.7 Å². The van der Waals surface area contributed by atoms with Gasteiger partial charge in [0.05, 0.1) is 21.6 Å². The summed E-state index contributed by atoms with van der Waals surface area (Å²) >= 11 is 6.92. The van der Waals surface area contributed by atoms with Crippen molar-refractivity contribution in [2.45, 2.75) is 38.8 Å². The monoisotopic (exact) mass is 465 g/mol. The second kappa shape index (κ2) is 7.68. The number of nitrogen functional groups attached to an aromatic ring is 1. The zero-order valence-electron chi connectivity index (χ0n) is 18.9. The van der Waals surface area contributed by atoms with Gasteiger partial charge in [0.15, 0.2) is 0 Å². The molecule has 4 aromatic heterocycles. The van der Waals surface area contributed by atoms with Crippen LogP contribution in [0.2, 0.25) is 5.02 Å². The highest BCUT2D eigenvalue weighted by atomic mass is 35.5. The molecule has 2 aliphatic heterocycles. The minimum atomic E-state index is -0.174. The van der Waals surface area contributed by atoms with Gasteiger partial charge in [-0.05, 0) is 44.7 Å². The Bertz CT molecular complexity index is 1350. The number of aromatic nitrogens is 5. The third-order valence-corrected chi connectivity index (χ3v) is 7.47. The molecule has 6 heterocycles. The molecule has 0 saturated carbocycles. The Morgan fingerprint density at radius 2 is 2.06 bits per heavy atom. The standard InChI is InChI=1S/C24H28ClN7O/c1-24(2)12-31(10-14-5-8-33-9-6-14)11-16-17(18-21(26)28-13-29-23(18)32(16)24)20-19(25)15-4-3-7-27-22(15)30-20/h3-4,7,13-14H,5-6,8-12H2,1-2H3,(H,27,30)(H2,26,28,29). The van der Waals surface area contributed by atoms with Crippen LogP contribution in [0.15, 0.2) is 24.7 Å². The molecule has 1 fully saturated rings. The van der Waals surface area contributed by atoms with Crippen LogP contribution in [0.1, 0.15) is 32.4 Å². The van der Waals surface area contributed by atoms with E-state index in [9.17, 15) is 0 Å². The van der Waals surface area contributed by atoms with Gasteiger partial charge >= 0.3 is 0 Å². The minimum absolute atomic E-state index is 0.174. The number of ether oxygens (including phenoxy) is 1. The summed E-state index contributed by atoms with van der Waals surface area (Å²) in [5.74, 6) is 1.12. The normalized spacial score (nSPS) is 19.4. The number of nitrogens with one attached hydrogen (secondary N) is 1. The largest absolute Gasteiger partial charge is 0.383 e. The molecule has 3 N–H and O–H groups in total. The smallest absolute Gasteiger partial charge is 0.146 e. The molecule has 0 bridgehead atoms. The van der Waals surface area contributed by atoms with Crippen molar-refractivity contribution in [3.8, 4) is 11.3 Å². The van der Waals surface area contributed by atoms with Crippen molar-refractivity contribution in [1.82, 2.24) is 29.4 Å². The van der Waals surface area contributed by atoms with E-state index in [1.165, 1.54) is 0 Å². The summed E-state index contributed by atoms with van der Waals surface area (Å²) in [6.45, 7) is 9.04. The molecule has 33 heavy (non-hydrogen) atoms. The second-order valence-corrected chi connectivity index (χ2v) is 10.2. The quantitative estimate of drug-likeness (QED) is 0.471. The molecule has 0 unspecified atom stereocenters. The number of halogens is 1. The lowest BCUT2D eigenvalue weighted by molar-refractivity contribution is 0.0397. The first-order valence-corrected chi connectivity index (χ1v) is 11.9. The highest BCUT2D eigenvalue weighted by molar-refractivity contribution is 6.38. The summed E-state index contributed by atoms with van der Waals surface area (Å²) in [5, 5.41) is 2.39. The van der Waals surface area contributed by atoms with Gasteiger partial charge in [-0.2, -0.15) is 0 Å². The van der Waals surface area contributed by atoms with Crippen molar-refractivity contribution in [2.24, 2.45) is 5.92 Å². The van der Waals surface area contributed by atoms with E-state index in [4.69, 9.17) is 22.1 Å². The lowest BCUT2D eigenvalue weighted by atomic mass is 9.95. The third kappa shape index (κ3) is 3.31. The molecule has 0 radical (unpaired) electrons. The SMILES string of the molecule is CC1(C)CN(CC2CCOCC2)Cc2c(-c3[nH]c4ncccc4c3Cl)c3c(N)ncnc3n21. The molecule has 8 nitrogen and oxygen atoms in total. The van der Waals surface area contributed by atoms with Crippen molar-refractivity contribution in [1.29, 1.82) is 0 Å². The first-order valence-electron chi connectivity index (χ1n) is 11.5. The second-order valence-electron chi connectivity index (χ2n) is 9.87. The number of H-pyrrole nitrogens is 1. The Morgan fingerprint density at radius 3 is 2.85 bits per heavy atom. The van der Waals surface area contributed by atoms with Gasteiger partial charge in [-0.15, -0.1) is 0 Å². The Labute approximate surface area is 197 Å². The van der Waals surface area contributed by atoms with Crippen molar-refractivity contribution in [3.63, 3.8) is 0 Å². The first kappa shape index (κ1) is 20.9. The fraction of sp³-hybridized carbons (Fsp3) is 0.458. The van der Waals surface area contributed by atoms with E-state index in [1.54, 1.807) is 12.5 Å². The van der Waals surface area contributed by atoms with Crippen LogP contribution in [-0.2, 0) is 16.8 Å². The summed E-state index contributed by atoms with van der Waals surface area (Å²) in [6, 6.07) is 3.88. The van der Waals surface area contributed by atoms with Crippen LogP contribution in [0.3, 0.4) is 0 Å². The predicted octanol–water partition coefficient (Wildman–Crippen LogP) is 4.19. The van der Waals surface area contributed by atoms with Crippen LogP contribution in [-0.4, -0.2) is 55.7 Å². The van der Waals surface area contributed by atoms with Crippen molar-refractivity contribution >= 4 is 39.5 Å². The number of aromatic amines is 1. The van der Waals surface area contributed by atoms with Crippen LogP contribution in [0.4, 0.5) is 5.82 Å². The van der Waals surface area contributed by atoms with E-state index in [0.29, 0.717) is 16.8 Å². The lowest BCUT2D eigenvalue weighted by Crippen LogP contribution is -2.48. The van der Waals surface area contributed by atoms with E-state index < -0.39 is 0 Å². The van der Waals surface area contributed by atoms with Gasteiger partial charge < -0.3 is 20.0 Å². The van der Waals surface area contributed by atoms with Crippen LogP contribution >= 0.6 is 11.6 Å². The average Bonchev–Trinajstić information content (AvgIpc) is 3.30. The molecular weight excluding hydrogens is 438 g/mol.